The Morgan fingerprint density at radius 2 is 1.94 bits per heavy atom. The van der Waals surface area contributed by atoms with Gasteiger partial charge < -0.3 is 5.32 Å². The molecule has 1 heterocycles. The topological polar surface area (TPSA) is 37.8 Å². The SMILES string of the molecule is CNc1nc(C)cc(-c2ccccc2Br)n1. The second kappa shape index (κ2) is 4.61. The minimum atomic E-state index is 0.644. The fourth-order valence-electron chi connectivity index (χ4n) is 1.49. The molecule has 1 aromatic carbocycles. The number of nitrogens with one attached hydrogen (secondary N) is 1. The van der Waals surface area contributed by atoms with E-state index in [4.69, 9.17) is 0 Å². The lowest BCUT2D eigenvalue weighted by Gasteiger charge is -2.06. The molecule has 4 heteroatoms. The number of aryl methyl sites for hydroxylation is 1. The molecule has 0 saturated carbocycles. The van der Waals surface area contributed by atoms with Gasteiger partial charge in [-0.2, -0.15) is 0 Å². The largest absolute Gasteiger partial charge is 0.357 e. The summed E-state index contributed by atoms with van der Waals surface area (Å²) in [4.78, 5) is 8.70. The third-order valence-corrected chi connectivity index (χ3v) is 2.92. The highest BCUT2D eigenvalue weighted by atomic mass is 79.9. The lowest BCUT2D eigenvalue weighted by atomic mass is 10.1. The van der Waals surface area contributed by atoms with E-state index in [0.29, 0.717) is 5.95 Å². The van der Waals surface area contributed by atoms with Crippen molar-refractivity contribution in [2.24, 2.45) is 0 Å². The number of hydrogen-bond acceptors (Lipinski definition) is 3. The molecule has 0 bridgehead atoms. The van der Waals surface area contributed by atoms with Gasteiger partial charge in [0.05, 0.1) is 5.69 Å². The number of aromatic nitrogens is 2. The molecular formula is C12H12BrN3. The Morgan fingerprint density at radius 3 is 2.62 bits per heavy atom. The van der Waals surface area contributed by atoms with Crippen molar-refractivity contribution in [2.45, 2.75) is 6.92 Å². The molecule has 1 N–H and O–H groups in total. The predicted octanol–water partition coefficient (Wildman–Crippen LogP) is 3.26. The Kier molecular flexibility index (Phi) is 3.19. The fourth-order valence-corrected chi connectivity index (χ4v) is 1.98. The average Bonchev–Trinajstić information content (AvgIpc) is 2.28. The van der Waals surface area contributed by atoms with E-state index in [1.54, 1.807) is 0 Å². The van der Waals surface area contributed by atoms with Gasteiger partial charge in [-0.25, -0.2) is 9.97 Å². The highest BCUT2D eigenvalue weighted by Gasteiger charge is 2.06. The maximum absolute atomic E-state index is 4.43. The molecule has 0 aliphatic rings. The van der Waals surface area contributed by atoms with Gasteiger partial charge in [0.2, 0.25) is 5.95 Å². The van der Waals surface area contributed by atoms with Crippen molar-refractivity contribution in [2.75, 3.05) is 12.4 Å². The molecule has 0 unspecified atom stereocenters. The summed E-state index contributed by atoms with van der Waals surface area (Å²) in [7, 11) is 1.82. The maximum atomic E-state index is 4.43. The van der Waals surface area contributed by atoms with Gasteiger partial charge in [-0.3, -0.25) is 0 Å². The number of nitrogens with zero attached hydrogens (tertiary/aromatic N) is 2. The van der Waals surface area contributed by atoms with Crippen LogP contribution >= 0.6 is 15.9 Å². The van der Waals surface area contributed by atoms with Crippen LogP contribution in [0.15, 0.2) is 34.8 Å². The Bertz CT molecular complexity index is 511. The summed E-state index contributed by atoms with van der Waals surface area (Å²) in [5.41, 5.74) is 2.94. The van der Waals surface area contributed by atoms with Crippen molar-refractivity contribution in [3.05, 3.63) is 40.5 Å². The summed E-state index contributed by atoms with van der Waals surface area (Å²) in [6.45, 7) is 1.96. The van der Waals surface area contributed by atoms with Crippen LogP contribution in [0.4, 0.5) is 5.95 Å². The molecule has 0 aliphatic heterocycles. The lowest BCUT2D eigenvalue weighted by molar-refractivity contribution is 1.10. The summed E-state index contributed by atoms with van der Waals surface area (Å²) in [5, 5.41) is 2.96. The van der Waals surface area contributed by atoms with E-state index in [0.717, 1.165) is 21.4 Å². The molecule has 0 aliphatic carbocycles. The zero-order chi connectivity index (χ0) is 11.5. The van der Waals surface area contributed by atoms with Gasteiger partial charge in [0.15, 0.2) is 0 Å². The number of benzene rings is 1. The Balaban J connectivity index is 2.56. The van der Waals surface area contributed by atoms with Crippen LogP contribution < -0.4 is 5.32 Å². The molecular weight excluding hydrogens is 266 g/mol. The summed E-state index contributed by atoms with van der Waals surface area (Å²) < 4.78 is 1.04. The van der Waals surface area contributed by atoms with Gasteiger partial charge in [-0.15, -0.1) is 0 Å². The Labute approximate surface area is 103 Å². The van der Waals surface area contributed by atoms with Crippen molar-refractivity contribution in [3.8, 4) is 11.3 Å². The van der Waals surface area contributed by atoms with Crippen LogP contribution in [0.25, 0.3) is 11.3 Å². The Morgan fingerprint density at radius 1 is 1.19 bits per heavy atom. The first-order valence-corrected chi connectivity index (χ1v) is 5.78. The molecule has 0 atom stereocenters. The van der Waals surface area contributed by atoms with Gasteiger partial charge in [0, 0.05) is 22.8 Å². The first-order chi connectivity index (χ1) is 7.70. The van der Waals surface area contributed by atoms with Gasteiger partial charge in [-0.05, 0) is 19.1 Å². The zero-order valence-electron chi connectivity index (χ0n) is 9.16. The molecule has 16 heavy (non-hydrogen) atoms. The van der Waals surface area contributed by atoms with Crippen molar-refractivity contribution >= 4 is 21.9 Å². The molecule has 2 aromatic rings. The van der Waals surface area contributed by atoms with Crippen LogP contribution in [-0.4, -0.2) is 17.0 Å². The second-order valence-corrected chi connectivity index (χ2v) is 4.30. The minimum absolute atomic E-state index is 0.644. The number of hydrogen-bond donors (Lipinski definition) is 1. The maximum Gasteiger partial charge on any atom is 0.223 e. The number of anilines is 1. The van der Waals surface area contributed by atoms with Gasteiger partial charge in [0.1, 0.15) is 0 Å². The van der Waals surface area contributed by atoms with Crippen molar-refractivity contribution < 1.29 is 0 Å². The highest BCUT2D eigenvalue weighted by molar-refractivity contribution is 9.10. The molecule has 2 rings (SSSR count). The summed E-state index contributed by atoms with van der Waals surface area (Å²) in [6.07, 6.45) is 0. The van der Waals surface area contributed by atoms with Crippen LogP contribution in [0.5, 0.6) is 0 Å². The first-order valence-electron chi connectivity index (χ1n) is 4.99. The van der Waals surface area contributed by atoms with Crippen molar-refractivity contribution in [1.82, 2.24) is 9.97 Å². The van der Waals surface area contributed by atoms with E-state index >= 15 is 0 Å². The molecule has 0 fully saturated rings. The van der Waals surface area contributed by atoms with Gasteiger partial charge >= 0.3 is 0 Å². The van der Waals surface area contributed by atoms with Crippen molar-refractivity contribution in [3.63, 3.8) is 0 Å². The van der Waals surface area contributed by atoms with E-state index in [9.17, 15) is 0 Å². The number of halogens is 1. The van der Waals surface area contributed by atoms with Crippen molar-refractivity contribution in [1.29, 1.82) is 0 Å². The summed E-state index contributed by atoms with van der Waals surface area (Å²) >= 11 is 3.52. The molecule has 0 saturated heterocycles. The van der Waals surface area contributed by atoms with E-state index in [-0.39, 0.29) is 0 Å². The minimum Gasteiger partial charge on any atom is -0.357 e. The standard InChI is InChI=1S/C12H12BrN3/c1-8-7-11(16-12(14-2)15-8)9-5-3-4-6-10(9)13/h3-7H,1-2H3,(H,14,15,16). The number of rotatable bonds is 2. The van der Waals surface area contributed by atoms with E-state index < -0.39 is 0 Å². The zero-order valence-corrected chi connectivity index (χ0v) is 10.7. The van der Waals surface area contributed by atoms with Crippen LogP contribution in [0.2, 0.25) is 0 Å². The molecule has 82 valence electrons. The van der Waals surface area contributed by atoms with E-state index in [2.05, 4.69) is 31.2 Å². The van der Waals surface area contributed by atoms with Gasteiger partial charge in [-0.1, -0.05) is 34.1 Å². The predicted molar refractivity (Wildman–Crippen MR) is 69.5 cm³/mol. The highest BCUT2D eigenvalue weighted by Crippen LogP contribution is 2.27. The molecule has 0 radical (unpaired) electrons. The first kappa shape index (κ1) is 11.1. The lowest BCUT2D eigenvalue weighted by Crippen LogP contribution is -1.99. The molecule has 0 amide bonds. The quantitative estimate of drug-likeness (QED) is 0.916. The van der Waals surface area contributed by atoms with E-state index in [1.165, 1.54) is 0 Å². The van der Waals surface area contributed by atoms with Crippen LogP contribution in [0, 0.1) is 6.92 Å². The fraction of sp³-hybridized carbons (Fsp3) is 0.167. The van der Waals surface area contributed by atoms with Crippen LogP contribution in [0.3, 0.4) is 0 Å². The summed E-state index contributed by atoms with van der Waals surface area (Å²) in [5.74, 6) is 0.644. The van der Waals surface area contributed by atoms with Gasteiger partial charge in [0.25, 0.3) is 0 Å². The molecule has 0 spiro atoms. The Hall–Kier alpha value is -1.42. The monoisotopic (exact) mass is 277 g/mol. The summed E-state index contributed by atoms with van der Waals surface area (Å²) in [6, 6.07) is 10.00. The smallest absolute Gasteiger partial charge is 0.223 e. The normalized spacial score (nSPS) is 10.2. The molecule has 1 aromatic heterocycles. The molecule has 3 nitrogen and oxygen atoms in total. The third kappa shape index (κ3) is 2.22. The van der Waals surface area contributed by atoms with Crippen LogP contribution in [0.1, 0.15) is 5.69 Å². The van der Waals surface area contributed by atoms with Crippen LogP contribution in [-0.2, 0) is 0 Å². The second-order valence-electron chi connectivity index (χ2n) is 3.45. The van der Waals surface area contributed by atoms with E-state index in [1.807, 2.05) is 44.3 Å². The third-order valence-electron chi connectivity index (χ3n) is 2.23. The average molecular weight is 278 g/mol.